The smallest absolute Gasteiger partial charge is 0.336 e. The van der Waals surface area contributed by atoms with E-state index in [4.69, 9.17) is 9.15 Å². The van der Waals surface area contributed by atoms with Crippen molar-refractivity contribution in [3.63, 3.8) is 0 Å². The number of ether oxygens (including phenoxy) is 1. The van der Waals surface area contributed by atoms with Crippen molar-refractivity contribution in [2.75, 3.05) is 6.61 Å². The number of rotatable bonds is 11. The summed E-state index contributed by atoms with van der Waals surface area (Å²) in [4.78, 5) is 35.2. The molecule has 1 amide bonds. The lowest BCUT2D eigenvalue weighted by atomic mass is 10.0. The van der Waals surface area contributed by atoms with E-state index in [1.54, 1.807) is 13.0 Å². The van der Waals surface area contributed by atoms with Gasteiger partial charge in [0, 0.05) is 17.0 Å². The minimum Gasteiger partial charge on any atom is -0.548 e. The molecule has 0 aliphatic heterocycles. The van der Waals surface area contributed by atoms with Crippen LogP contribution in [-0.4, -0.2) is 24.5 Å². The van der Waals surface area contributed by atoms with E-state index in [1.807, 2.05) is 13.0 Å². The topological polar surface area (TPSA) is 109 Å². The molecule has 1 aromatic carbocycles. The largest absolute Gasteiger partial charge is 0.548 e. The van der Waals surface area contributed by atoms with Gasteiger partial charge in [0.05, 0.1) is 12.0 Å². The maximum atomic E-state index is 12.1. The predicted octanol–water partition coefficient (Wildman–Crippen LogP) is 2.25. The van der Waals surface area contributed by atoms with Crippen LogP contribution in [0.15, 0.2) is 27.4 Å². The van der Waals surface area contributed by atoms with Crippen LogP contribution < -0.4 is 20.8 Å². The summed E-state index contributed by atoms with van der Waals surface area (Å²) in [5.74, 6) is -1.45. The van der Waals surface area contributed by atoms with Crippen LogP contribution in [0.4, 0.5) is 0 Å². The quantitative estimate of drug-likeness (QED) is 0.578. The molecule has 7 heteroatoms. The number of fused-ring (bicyclic) bond motifs is 1. The van der Waals surface area contributed by atoms with Gasteiger partial charge in [-0.2, -0.15) is 0 Å². The molecule has 0 unspecified atom stereocenters. The number of hydrogen-bond donors (Lipinski definition) is 1. The molecule has 0 radical (unpaired) electrons. The fraction of sp³-hybridized carbons (Fsp3) is 0.500. The second-order valence-electron chi connectivity index (χ2n) is 7.13. The fourth-order valence-corrected chi connectivity index (χ4v) is 3.17. The molecule has 1 heterocycles. The van der Waals surface area contributed by atoms with Crippen molar-refractivity contribution in [1.29, 1.82) is 0 Å². The monoisotopic (exact) mass is 402 g/mol. The Kier molecular flexibility index (Phi) is 8.24. The number of unbranched alkanes of at least 4 members (excludes halogenated alkanes) is 2. The Morgan fingerprint density at radius 2 is 1.93 bits per heavy atom. The van der Waals surface area contributed by atoms with Gasteiger partial charge in [0.1, 0.15) is 11.3 Å². The van der Waals surface area contributed by atoms with Crippen LogP contribution in [-0.2, 0) is 16.0 Å². The lowest BCUT2D eigenvalue weighted by molar-refractivity contribution is -0.308. The lowest BCUT2D eigenvalue weighted by Crippen LogP contribution is -2.49. The summed E-state index contributed by atoms with van der Waals surface area (Å²) in [6.45, 7) is 5.43. The second kappa shape index (κ2) is 10.6. The summed E-state index contributed by atoms with van der Waals surface area (Å²) in [7, 11) is 0. The molecule has 0 fully saturated rings. The minimum absolute atomic E-state index is 0.311. The molecule has 1 aromatic heterocycles. The van der Waals surface area contributed by atoms with E-state index in [2.05, 4.69) is 12.2 Å². The number of carboxylic acids is 1. The number of amides is 1. The highest BCUT2D eigenvalue weighted by Gasteiger charge is 2.16. The van der Waals surface area contributed by atoms with E-state index in [0.29, 0.717) is 29.7 Å². The highest BCUT2D eigenvalue weighted by molar-refractivity contribution is 5.86. The number of carbonyl (C=O) groups is 2. The summed E-state index contributed by atoms with van der Waals surface area (Å²) >= 11 is 0. The number of carbonyl (C=O) groups excluding carboxylic acids is 2. The van der Waals surface area contributed by atoms with Crippen LogP contribution in [0, 0.1) is 6.92 Å². The zero-order valence-corrected chi connectivity index (χ0v) is 17.2. The van der Waals surface area contributed by atoms with Crippen LogP contribution in [0.25, 0.3) is 11.0 Å². The van der Waals surface area contributed by atoms with E-state index < -0.39 is 23.5 Å². The normalized spacial score (nSPS) is 12.0. The summed E-state index contributed by atoms with van der Waals surface area (Å²) in [5.41, 5.74) is 1.57. The van der Waals surface area contributed by atoms with E-state index in [-0.39, 0.29) is 6.61 Å². The zero-order chi connectivity index (χ0) is 21.4. The Hall–Kier alpha value is -2.83. The first kappa shape index (κ1) is 22.5. The van der Waals surface area contributed by atoms with E-state index in [1.165, 1.54) is 6.07 Å². The number of benzene rings is 1. The molecule has 29 heavy (non-hydrogen) atoms. The average Bonchev–Trinajstić information content (AvgIpc) is 2.69. The van der Waals surface area contributed by atoms with Gasteiger partial charge < -0.3 is 24.4 Å². The van der Waals surface area contributed by atoms with Crippen LogP contribution in [0.5, 0.6) is 5.75 Å². The van der Waals surface area contributed by atoms with Crippen molar-refractivity contribution < 1.29 is 23.8 Å². The summed E-state index contributed by atoms with van der Waals surface area (Å²) < 4.78 is 10.9. The number of aliphatic carboxylic acids is 1. The molecule has 1 N–H and O–H groups in total. The van der Waals surface area contributed by atoms with E-state index in [9.17, 15) is 19.5 Å². The minimum atomic E-state index is -1.31. The van der Waals surface area contributed by atoms with Gasteiger partial charge in [-0.25, -0.2) is 4.79 Å². The Labute approximate surface area is 170 Å². The van der Waals surface area contributed by atoms with Gasteiger partial charge in [-0.15, -0.1) is 0 Å². The number of nitrogens with one attached hydrogen (secondary N) is 1. The van der Waals surface area contributed by atoms with Crippen molar-refractivity contribution in [3.8, 4) is 5.75 Å². The first-order valence-electron chi connectivity index (χ1n) is 10.1. The van der Waals surface area contributed by atoms with Gasteiger partial charge in [0.25, 0.3) is 5.91 Å². The molecule has 0 aliphatic rings. The maximum Gasteiger partial charge on any atom is 0.336 e. The molecule has 7 nitrogen and oxygen atoms in total. The summed E-state index contributed by atoms with van der Waals surface area (Å²) in [5, 5.41) is 14.4. The Balaban J connectivity index is 2.14. The molecule has 0 aliphatic carbocycles. The van der Waals surface area contributed by atoms with Crippen molar-refractivity contribution in [2.24, 2.45) is 0 Å². The first-order valence-corrected chi connectivity index (χ1v) is 10.1. The van der Waals surface area contributed by atoms with Crippen molar-refractivity contribution in [2.45, 2.75) is 65.3 Å². The highest BCUT2D eigenvalue weighted by atomic mass is 16.5. The van der Waals surface area contributed by atoms with Crippen LogP contribution >= 0.6 is 0 Å². The molecule has 0 spiro atoms. The van der Waals surface area contributed by atoms with Crippen LogP contribution in [0.1, 0.15) is 57.1 Å². The van der Waals surface area contributed by atoms with Gasteiger partial charge in [0.15, 0.2) is 6.61 Å². The Morgan fingerprint density at radius 1 is 1.21 bits per heavy atom. The summed E-state index contributed by atoms with van der Waals surface area (Å²) in [6, 6.07) is 4.02. The van der Waals surface area contributed by atoms with Crippen LogP contribution in [0.2, 0.25) is 0 Å². The second-order valence-corrected chi connectivity index (χ2v) is 7.13. The molecule has 158 valence electrons. The molecule has 0 saturated heterocycles. The molecule has 2 rings (SSSR count). The van der Waals surface area contributed by atoms with E-state index >= 15 is 0 Å². The number of aryl methyl sites for hydroxylation is 2. The van der Waals surface area contributed by atoms with Crippen molar-refractivity contribution in [1.82, 2.24) is 5.32 Å². The third kappa shape index (κ3) is 6.07. The summed E-state index contributed by atoms with van der Waals surface area (Å²) in [6.07, 6.45) is 4.56. The Morgan fingerprint density at radius 3 is 2.59 bits per heavy atom. The predicted molar refractivity (Wildman–Crippen MR) is 108 cm³/mol. The van der Waals surface area contributed by atoms with Crippen molar-refractivity contribution >= 4 is 22.8 Å². The van der Waals surface area contributed by atoms with Gasteiger partial charge in [-0.3, -0.25) is 4.79 Å². The molecule has 2 aromatic rings. The van der Waals surface area contributed by atoms with Crippen molar-refractivity contribution in [3.05, 3.63) is 39.7 Å². The fourth-order valence-electron chi connectivity index (χ4n) is 3.17. The zero-order valence-electron chi connectivity index (χ0n) is 17.2. The third-order valence-electron chi connectivity index (χ3n) is 4.82. The van der Waals surface area contributed by atoms with Crippen LogP contribution in [0.3, 0.4) is 0 Å². The average molecular weight is 402 g/mol. The third-order valence-corrected chi connectivity index (χ3v) is 4.82. The Bertz CT molecular complexity index is 917. The SMILES string of the molecule is CCCCc1cc(=O)oc2c(C)c(OCC(=O)N[C@H](CCCC)C(=O)[O-])ccc12. The molecule has 0 bridgehead atoms. The molecular formula is C22H28NO6-. The standard InChI is InChI=1S/C22H29NO6/c1-4-6-8-15-12-20(25)29-21-14(3)18(11-10-16(15)21)28-13-19(24)23-17(22(26)27)9-7-5-2/h10-12,17H,4-9,13H2,1-3H3,(H,23,24)(H,26,27)/p-1/t17-/m1/s1. The maximum absolute atomic E-state index is 12.1. The van der Waals surface area contributed by atoms with Gasteiger partial charge in [-0.05, 0) is 43.9 Å². The van der Waals surface area contributed by atoms with Gasteiger partial charge in [-0.1, -0.05) is 33.1 Å². The number of carboxylic acid groups (broad SMARTS) is 1. The molecule has 0 saturated carbocycles. The first-order chi connectivity index (χ1) is 13.9. The van der Waals surface area contributed by atoms with E-state index in [0.717, 1.165) is 36.6 Å². The molecular weight excluding hydrogens is 374 g/mol. The lowest BCUT2D eigenvalue weighted by Gasteiger charge is -2.19. The highest BCUT2D eigenvalue weighted by Crippen LogP contribution is 2.29. The van der Waals surface area contributed by atoms with Gasteiger partial charge >= 0.3 is 5.63 Å². The van der Waals surface area contributed by atoms with Gasteiger partial charge in [0.2, 0.25) is 0 Å². The molecule has 1 atom stereocenters. The number of hydrogen-bond acceptors (Lipinski definition) is 6.